The lowest BCUT2D eigenvalue weighted by atomic mass is 9.97. The second-order valence-electron chi connectivity index (χ2n) is 7.95. The summed E-state index contributed by atoms with van der Waals surface area (Å²) in [7, 11) is 2.00. The predicted octanol–water partition coefficient (Wildman–Crippen LogP) is 5.12. The normalized spacial score (nSPS) is 13.1. The van der Waals surface area contributed by atoms with Crippen LogP contribution < -0.4 is 9.80 Å². The number of carbonyl (C=O) groups excluding carboxylic acids is 1. The molecule has 0 saturated heterocycles. The lowest BCUT2D eigenvalue weighted by Crippen LogP contribution is -2.32. The molecule has 2 aromatic carbocycles. The monoisotopic (exact) mass is 412 g/mol. The van der Waals surface area contributed by atoms with Crippen LogP contribution in [0.3, 0.4) is 0 Å². The van der Waals surface area contributed by atoms with Crippen molar-refractivity contribution < 1.29 is 13.9 Å². The summed E-state index contributed by atoms with van der Waals surface area (Å²) in [5.74, 6) is -0.560. The van der Waals surface area contributed by atoms with Gasteiger partial charge in [-0.15, -0.1) is 0 Å². The van der Waals surface area contributed by atoms with Gasteiger partial charge in [0.1, 0.15) is 5.82 Å². The summed E-state index contributed by atoms with van der Waals surface area (Å²) in [5.41, 5.74) is 5.45. The van der Waals surface area contributed by atoms with Crippen molar-refractivity contribution in [3.8, 4) is 0 Å². The first kappa shape index (κ1) is 22.1. The Labute approximate surface area is 179 Å². The van der Waals surface area contributed by atoms with Crippen molar-refractivity contribution in [3.63, 3.8) is 0 Å². The molecule has 30 heavy (non-hydrogen) atoms. The fourth-order valence-electron chi connectivity index (χ4n) is 4.24. The van der Waals surface area contributed by atoms with Gasteiger partial charge in [-0.3, -0.25) is 4.79 Å². The van der Waals surface area contributed by atoms with Crippen molar-refractivity contribution in [1.29, 1.82) is 0 Å². The molecule has 3 rings (SSSR count). The fourth-order valence-corrected chi connectivity index (χ4v) is 4.24. The standard InChI is InChI=1S/C25H33FN2O2/c1-4-15-28-16-7-10-20-8-6-9-21(25(20)28)18-27(3)22-13-11-19(23(26)17-22)12-14-24(29)30-5-2/h6,8-9,11,13,17H,4-5,7,10,12,14-16,18H2,1-3H3. The van der Waals surface area contributed by atoms with E-state index in [2.05, 4.69) is 34.9 Å². The van der Waals surface area contributed by atoms with E-state index in [1.165, 1.54) is 23.2 Å². The molecule has 0 atom stereocenters. The van der Waals surface area contributed by atoms with Crippen LogP contribution in [0.2, 0.25) is 0 Å². The number of hydrogen-bond acceptors (Lipinski definition) is 4. The quantitative estimate of drug-likeness (QED) is 0.535. The summed E-state index contributed by atoms with van der Waals surface area (Å²) in [6.45, 7) is 7.24. The molecule has 0 bridgehead atoms. The second kappa shape index (κ2) is 10.5. The highest BCUT2D eigenvalue weighted by Gasteiger charge is 2.20. The van der Waals surface area contributed by atoms with Crippen LogP contribution in [-0.4, -0.2) is 32.7 Å². The van der Waals surface area contributed by atoms with Gasteiger partial charge in [0, 0.05) is 44.5 Å². The molecule has 0 fully saturated rings. The zero-order valence-electron chi connectivity index (χ0n) is 18.4. The van der Waals surface area contributed by atoms with Crippen LogP contribution in [0.25, 0.3) is 0 Å². The molecule has 0 radical (unpaired) electrons. The van der Waals surface area contributed by atoms with Crippen LogP contribution in [0.5, 0.6) is 0 Å². The number of anilines is 2. The third-order valence-corrected chi connectivity index (χ3v) is 5.68. The predicted molar refractivity (Wildman–Crippen MR) is 121 cm³/mol. The maximum atomic E-state index is 14.6. The molecule has 2 aromatic rings. The van der Waals surface area contributed by atoms with Crippen LogP contribution in [0.4, 0.5) is 15.8 Å². The number of halogens is 1. The average molecular weight is 413 g/mol. The molecule has 0 aliphatic carbocycles. The van der Waals surface area contributed by atoms with E-state index in [4.69, 9.17) is 4.74 Å². The van der Waals surface area contributed by atoms with Gasteiger partial charge < -0.3 is 14.5 Å². The Morgan fingerprint density at radius 2 is 2.03 bits per heavy atom. The Hall–Kier alpha value is -2.56. The van der Waals surface area contributed by atoms with Gasteiger partial charge in [0.2, 0.25) is 0 Å². The van der Waals surface area contributed by atoms with Crippen molar-refractivity contribution in [2.75, 3.05) is 36.5 Å². The van der Waals surface area contributed by atoms with Gasteiger partial charge in [0.15, 0.2) is 0 Å². The lowest BCUT2D eigenvalue weighted by molar-refractivity contribution is -0.143. The summed E-state index contributed by atoms with van der Waals surface area (Å²) in [4.78, 5) is 16.1. The molecule has 4 nitrogen and oxygen atoms in total. The van der Waals surface area contributed by atoms with E-state index in [9.17, 15) is 9.18 Å². The molecule has 0 aromatic heterocycles. The third-order valence-electron chi connectivity index (χ3n) is 5.68. The summed E-state index contributed by atoms with van der Waals surface area (Å²) in [5, 5.41) is 0. The van der Waals surface area contributed by atoms with Gasteiger partial charge in [-0.25, -0.2) is 4.39 Å². The van der Waals surface area contributed by atoms with Gasteiger partial charge >= 0.3 is 5.97 Å². The number of aryl methyl sites for hydroxylation is 2. The van der Waals surface area contributed by atoms with E-state index in [-0.39, 0.29) is 18.2 Å². The first-order valence-electron chi connectivity index (χ1n) is 11.0. The summed E-state index contributed by atoms with van der Waals surface area (Å²) < 4.78 is 19.6. The molecule has 5 heteroatoms. The van der Waals surface area contributed by atoms with Gasteiger partial charge in [0.05, 0.1) is 6.61 Å². The van der Waals surface area contributed by atoms with E-state index < -0.39 is 0 Å². The molecule has 1 aliphatic rings. The number of esters is 1. The molecule has 0 spiro atoms. The van der Waals surface area contributed by atoms with Crippen LogP contribution in [-0.2, 0) is 28.9 Å². The molecular formula is C25H33FN2O2. The Morgan fingerprint density at radius 3 is 2.77 bits per heavy atom. The highest BCUT2D eigenvalue weighted by Crippen LogP contribution is 2.32. The average Bonchev–Trinajstić information content (AvgIpc) is 2.73. The second-order valence-corrected chi connectivity index (χ2v) is 7.95. The first-order valence-corrected chi connectivity index (χ1v) is 11.0. The fraction of sp³-hybridized carbons (Fsp3) is 0.480. The van der Waals surface area contributed by atoms with Gasteiger partial charge in [0.25, 0.3) is 0 Å². The minimum atomic E-state index is -0.288. The van der Waals surface area contributed by atoms with E-state index in [0.29, 0.717) is 18.6 Å². The van der Waals surface area contributed by atoms with Crippen molar-refractivity contribution in [1.82, 2.24) is 0 Å². The summed E-state index contributed by atoms with van der Waals surface area (Å²) >= 11 is 0. The van der Waals surface area contributed by atoms with Crippen LogP contribution in [0.15, 0.2) is 36.4 Å². The summed E-state index contributed by atoms with van der Waals surface area (Å²) in [6.07, 6.45) is 4.00. The first-order chi connectivity index (χ1) is 14.5. The topological polar surface area (TPSA) is 32.8 Å². The molecule has 0 N–H and O–H groups in total. The maximum Gasteiger partial charge on any atom is 0.306 e. The largest absolute Gasteiger partial charge is 0.466 e. The molecule has 0 unspecified atom stereocenters. The van der Waals surface area contributed by atoms with Gasteiger partial charge in [-0.05, 0) is 61.4 Å². The molecule has 1 heterocycles. The van der Waals surface area contributed by atoms with Crippen LogP contribution >= 0.6 is 0 Å². The molecule has 1 aliphatic heterocycles. The highest BCUT2D eigenvalue weighted by atomic mass is 19.1. The van der Waals surface area contributed by atoms with Crippen molar-refractivity contribution in [3.05, 3.63) is 58.9 Å². The Balaban J connectivity index is 1.73. The lowest BCUT2D eigenvalue weighted by Gasteiger charge is -2.34. The van der Waals surface area contributed by atoms with E-state index in [1.807, 2.05) is 13.1 Å². The zero-order valence-corrected chi connectivity index (χ0v) is 18.4. The third kappa shape index (κ3) is 5.32. The molecule has 162 valence electrons. The number of carbonyl (C=O) groups is 1. The van der Waals surface area contributed by atoms with E-state index in [1.54, 1.807) is 19.1 Å². The van der Waals surface area contributed by atoms with Crippen LogP contribution in [0.1, 0.15) is 49.8 Å². The van der Waals surface area contributed by atoms with Crippen molar-refractivity contribution in [2.24, 2.45) is 0 Å². The Bertz CT molecular complexity index is 868. The highest BCUT2D eigenvalue weighted by molar-refractivity contribution is 5.69. The van der Waals surface area contributed by atoms with Gasteiger partial charge in [-0.2, -0.15) is 0 Å². The van der Waals surface area contributed by atoms with E-state index >= 15 is 0 Å². The van der Waals surface area contributed by atoms with E-state index in [0.717, 1.165) is 38.2 Å². The zero-order chi connectivity index (χ0) is 21.5. The van der Waals surface area contributed by atoms with Crippen molar-refractivity contribution >= 4 is 17.3 Å². The minimum Gasteiger partial charge on any atom is -0.466 e. The Kier molecular flexibility index (Phi) is 7.72. The number of nitrogens with zero attached hydrogens (tertiary/aromatic N) is 2. The number of benzene rings is 2. The maximum absolute atomic E-state index is 14.6. The minimum absolute atomic E-state index is 0.198. The van der Waals surface area contributed by atoms with Gasteiger partial charge in [-0.1, -0.05) is 31.2 Å². The number of para-hydroxylation sites is 1. The Morgan fingerprint density at radius 1 is 1.20 bits per heavy atom. The number of ether oxygens (including phenoxy) is 1. The smallest absolute Gasteiger partial charge is 0.306 e. The number of fused-ring (bicyclic) bond motifs is 1. The number of hydrogen-bond donors (Lipinski definition) is 0. The van der Waals surface area contributed by atoms with Crippen molar-refractivity contribution in [2.45, 2.75) is 52.5 Å². The molecule has 0 amide bonds. The SMILES string of the molecule is CCCN1CCCc2cccc(CN(C)c3ccc(CCC(=O)OCC)c(F)c3)c21. The summed E-state index contributed by atoms with van der Waals surface area (Å²) in [6, 6.07) is 11.8. The molecular weight excluding hydrogens is 379 g/mol. The number of rotatable bonds is 9. The molecule has 0 saturated carbocycles. The van der Waals surface area contributed by atoms with Crippen LogP contribution in [0, 0.1) is 5.82 Å².